The molecule has 1 saturated heterocycles. The average molecular weight is 237 g/mol. The van der Waals surface area contributed by atoms with Crippen LogP contribution in [0, 0.1) is 0 Å². The molecule has 1 heterocycles. The number of piperazine rings is 1. The molecule has 1 aliphatic heterocycles. The van der Waals surface area contributed by atoms with Crippen molar-refractivity contribution >= 4 is 19.7 Å². The summed E-state index contributed by atoms with van der Waals surface area (Å²) in [6.07, 6.45) is 3.05. The van der Waals surface area contributed by atoms with Gasteiger partial charge in [-0.3, -0.25) is 9.69 Å². The van der Waals surface area contributed by atoms with Gasteiger partial charge in [0.25, 0.3) is 0 Å². The lowest BCUT2D eigenvalue weighted by atomic mass is 9.80. The molecule has 0 unspecified atom stereocenters. The number of carbonyl (C=O) groups excluding carboxylic acids is 1. The number of amides is 1. The van der Waals surface area contributed by atoms with E-state index in [1.54, 1.807) is 13.0 Å². The molecule has 0 radical (unpaired) electrons. The van der Waals surface area contributed by atoms with Gasteiger partial charge in [0.05, 0.1) is 6.54 Å². The number of nitrogens with one attached hydrogen (secondary N) is 1. The first-order valence-corrected chi connectivity index (χ1v) is 5.28. The first-order chi connectivity index (χ1) is 8.06. The van der Waals surface area contributed by atoms with E-state index in [4.69, 9.17) is 10.0 Å². The van der Waals surface area contributed by atoms with Gasteiger partial charge in [0.2, 0.25) is 5.91 Å². The Hall–Kier alpha value is -1.44. The fraction of sp³-hybridized carbons (Fsp3) is 0.400. The van der Waals surface area contributed by atoms with Crippen molar-refractivity contribution < 1.29 is 14.8 Å². The predicted molar refractivity (Wildman–Crippen MR) is 66.2 cm³/mol. The molecule has 1 fully saturated rings. The van der Waals surface area contributed by atoms with Gasteiger partial charge >= 0.3 is 7.12 Å². The van der Waals surface area contributed by atoms with Gasteiger partial charge in [-0.05, 0) is 25.2 Å². The second-order valence-electron chi connectivity index (χ2n) is 3.69. The quantitative estimate of drug-likeness (QED) is 0.330. The lowest BCUT2D eigenvalue weighted by molar-refractivity contribution is -0.129. The molecule has 0 aromatic heterocycles. The fourth-order valence-corrected chi connectivity index (χ4v) is 1.37. The van der Waals surface area contributed by atoms with E-state index in [2.05, 4.69) is 17.0 Å². The van der Waals surface area contributed by atoms with Crippen molar-refractivity contribution in [3.8, 4) is 0 Å². The molecule has 0 bridgehead atoms. The van der Waals surface area contributed by atoms with Crippen molar-refractivity contribution in [2.75, 3.05) is 19.6 Å². The Kier molecular flexibility index (Phi) is 5.08. The lowest BCUT2D eigenvalue weighted by Crippen LogP contribution is -2.47. The van der Waals surface area contributed by atoms with E-state index in [1.807, 2.05) is 0 Å². The average Bonchev–Trinajstić information content (AvgIpc) is 2.31. The number of allylic oxidation sites excluding steroid dienone is 3. The Morgan fingerprint density at radius 2 is 2.29 bits per heavy atom. The van der Waals surface area contributed by atoms with Crippen molar-refractivity contribution in [1.82, 2.24) is 10.2 Å². The van der Waals surface area contributed by atoms with E-state index in [0.717, 1.165) is 0 Å². The highest BCUT2D eigenvalue weighted by Crippen LogP contribution is 2.09. The molecule has 92 valence electrons. The van der Waals surface area contributed by atoms with Crippen LogP contribution >= 0.6 is 0 Å². The second-order valence-corrected chi connectivity index (χ2v) is 3.69. The summed E-state index contributed by atoms with van der Waals surface area (Å²) >= 11 is 0. The summed E-state index contributed by atoms with van der Waals surface area (Å²) in [6.45, 7) is 6.48. The van der Waals surface area contributed by atoms with E-state index >= 15 is 0 Å². The van der Waals surface area contributed by atoms with Crippen LogP contribution in [0.2, 0.25) is 0 Å². The summed E-state index contributed by atoms with van der Waals surface area (Å²) in [4.78, 5) is 16.9. The molecule has 17 heavy (non-hydrogen) atoms. The van der Waals surface area contributed by atoms with Gasteiger partial charge in [-0.1, -0.05) is 6.08 Å². The van der Waals surface area contributed by atoms with Crippen LogP contribution in [0.25, 0.3) is 0 Å². The molecule has 0 aromatic rings. The van der Waals surface area contributed by atoms with Crippen molar-refractivity contribution in [1.29, 1.82) is 0 Å². The number of rotatable bonds is 4. The molecule has 0 saturated carbocycles. The topological polar surface area (TPSA) is 85.2 Å². The third-order valence-electron chi connectivity index (χ3n) is 2.43. The van der Waals surface area contributed by atoms with Crippen LogP contribution in [-0.4, -0.2) is 54.3 Å². The maximum absolute atomic E-state index is 11.6. The van der Waals surface area contributed by atoms with E-state index in [9.17, 15) is 4.79 Å². The molecule has 3 N–H and O–H groups in total. The normalized spacial score (nSPS) is 18.3. The molecule has 1 amide bonds. The summed E-state index contributed by atoms with van der Waals surface area (Å²) in [5.74, 6) is 0.335. The molecule has 0 spiro atoms. The molecule has 0 aliphatic carbocycles. The Bertz CT molecular complexity index is 366. The minimum Gasteiger partial charge on any atom is -0.423 e. The van der Waals surface area contributed by atoms with Gasteiger partial charge in [0.1, 0.15) is 5.82 Å². The zero-order chi connectivity index (χ0) is 12.8. The van der Waals surface area contributed by atoms with Gasteiger partial charge in [0.15, 0.2) is 0 Å². The molecule has 0 atom stereocenters. The third kappa shape index (κ3) is 3.81. The minimum atomic E-state index is -1.50. The molecule has 1 aliphatic rings. The Labute approximate surface area is 100 Å². The summed E-state index contributed by atoms with van der Waals surface area (Å²) in [5.41, 5.74) is 0.369. The van der Waals surface area contributed by atoms with E-state index in [1.165, 1.54) is 11.0 Å². The van der Waals surface area contributed by atoms with Crippen molar-refractivity contribution in [3.63, 3.8) is 0 Å². The molecule has 1 rings (SSSR count). The maximum Gasteiger partial charge on any atom is 0.483 e. The number of hydrogen-bond donors (Lipinski definition) is 3. The van der Waals surface area contributed by atoms with Crippen molar-refractivity contribution in [3.05, 3.63) is 23.4 Å². The van der Waals surface area contributed by atoms with Gasteiger partial charge in [-0.25, -0.2) is 4.99 Å². The van der Waals surface area contributed by atoms with Crippen LogP contribution < -0.4 is 5.32 Å². The van der Waals surface area contributed by atoms with Crippen LogP contribution in [0.4, 0.5) is 0 Å². The first-order valence-electron chi connectivity index (χ1n) is 5.28. The van der Waals surface area contributed by atoms with Crippen LogP contribution in [0.5, 0.6) is 0 Å². The van der Waals surface area contributed by atoms with E-state index < -0.39 is 7.12 Å². The highest BCUT2D eigenvalue weighted by molar-refractivity contribution is 6.50. The lowest BCUT2D eigenvalue weighted by Gasteiger charge is -2.27. The Balaban J connectivity index is 2.83. The molecule has 7 heteroatoms. The standard InChI is InChI=1S/C10H16BN3O3/c1-8(11(16)17)3-4-9(12-2)14-6-5-13-7-10(14)15/h3-4,13,16-17H,2,5-7H2,1H3/b8-3+,9-4+. The Morgan fingerprint density at radius 1 is 1.59 bits per heavy atom. The van der Waals surface area contributed by atoms with E-state index in [0.29, 0.717) is 24.4 Å². The number of hydrogen-bond acceptors (Lipinski definition) is 5. The highest BCUT2D eigenvalue weighted by Gasteiger charge is 2.20. The maximum atomic E-state index is 11.6. The van der Waals surface area contributed by atoms with Crippen LogP contribution in [-0.2, 0) is 4.79 Å². The molecular weight excluding hydrogens is 221 g/mol. The molecule has 0 aromatic carbocycles. The zero-order valence-corrected chi connectivity index (χ0v) is 9.76. The zero-order valence-electron chi connectivity index (χ0n) is 9.76. The van der Waals surface area contributed by atoms with Gasteiger partial charge in [-0.2, -0.15) is 0 Å². The smallest absolute Gasteiger partial charge is 0.423 e. The van der Waals surface area contributed by atoms with Crippen LogP contribution in [0.1, 0.15) is 6.92 Å². The molecule has 6 nitrogen and oxygen atoms in total. The van der Waals surface area contributed by atoms with Gasteiger partial charge in [0, 0.05) is 13.1 Å². The van der Waals surface area contributed by atoms with Crippen molar-refractivity contribution in [2.45, 2.75) is 6.92 Å². The molecular formula is C10H16BN3O3. The summed E-state index contributed by atoms with van der Waals surface area (Å²) < 4.78 is 0. The Morgan fingerprint density at radius 3 is 2.82 bits per heavy atom. The van der Waals surface area contributed by atoms with Crippen LogP contribution in [0.15, 0.2) is 28.4 Å². The number of carbonyl (C=O) groups is 1. The summed E-state index contributed by atoms with van der Waals surface area (Å²) in [6, 6.07) is 0. The second kappa shape index (κ2) is 6.34. The van der Waals surface area contributed by atoms with Crippen molar-refractivity contribution in [2.24, 2.45) is 4.99 Å². The fourth-order valence-electron chi connectivity index (χ4n) is 1.37. The minimum absolute atomic E-state index is 0.0782. The third-order valence-corrected chi connectivity index (χ3v) is 2.43. The summed E-state index contributed by atoms with van der Waals surface area (Å²) in [7, 11) is -1.50. The first kappa shape index (κ1) is 13.6. The SMILES string of the molecule is C=N/C(=C\C=C(/C)B(O)O)N1CCNCC1=O. The predicted octanol–water partition coefficient (Wildman–Crippen LogP) is -1.08. The summed E-state index contributed by atoms with van der Waals surface area (Å²) in [5, 5.41) is 20.7. The van der Waals surface area contributed by atoms with Crippen LogP contribution in [0.3, 0.4) is 0 Å². The van der Waals surface area contributed by atoms with E-state index in [-0.39, 0.29) is 12.5 Å². The van der Waals surface area contributed by atoms with Gasteiger partial charge < -0.3 is 15.4 Å². The number of aliphatic imine (C=N–C) groups is 1. The highest BCUT2D eigenvalue weighted by atomic mass is 16.4. The largest absolute Gasteiger partial charge is 0.483 e. The number of nitrogens with zero attached hydrogens (tertiary/aromatic N) is 2. The monoisotopic (exact) mass is 237 g/mol. The van der Waals surface area contributed by atoms with Gasteiger partial charge in [-0.15, -0.1) is 0 Å².